The molecular formula is C10H12N4. The zero-order valence-corrected chi connectivity index (χ0v) is 7.88. The van der Waals surface area contributed by atoms with Crippen LogP contribution in [0.15, 0.2) is 6.20 Å². The SMILES string of the molecule is N#Cc1c2c(cn(N)c1=N)CCCC2. The number of hydrogen-bond acceptors (Lipinski definition) is 3. The number of rotatable bonds is 0. The molecule has 0 saturated heterocycles. The minimum Gasteiger partial charge on any atom is -0.338 e. The normalized spacial score (nSPS) is 14.5. The van der Waals surface area contributed by atoms with Crippen molar-refractivity contribution < 1.29 is 0 Å². The van der Waals surface area contributed by atoms with Crippen LogP contribution in [-0.2, 0) is 12.8 Å². The fraction of sp³-hybridized carbons (Fsp3) is 0.400. The van der Waals surface area contributed by atoms with Crippen LogP contribution in [0.4, 0.5) is 0 Å². The molecule has 1 aliphatic rings. The van der Waals surface area contributed by atoms with Crippen LogP contribution in [0.1, 0.15) is 29.5 Å². The van der Waals surface area contributed by atoms with E-state index in [1.807, 2.05) is 0 Å². The van der Waals surface area contributed by atoms with Gasteiger partial charge < -0.3 is 5.84 Å². The van der Waals surface area contributed by atoms with Crippen LogP contribution in [0.25, 0.3) is 0 Å². The van der Waals surface area contributed by atoms with Gasteiger partial charge in [-0.1, -0.05) is 0 Å². The van der Waals surface area contributed by atoms with E-state index >= 15 is 0 Å². The molecule has 0 saturated carbocycles. The topological polar surface area (TPSA) is 78.6 Å². The zero-order valence-electron chi connectivity index (χ0n) is 7.88. The molecule has 2 rings (SSSR count). The first-order valence-corrected chi connectivity index (χ1v) is 4.71. The molecule has 14 heavy (non-hydrogen) atoms. The molecule has 0 aliphatic heterocycles. The molecule has 4 nitrogen and oxygen atoms in total. The van der Waals surface area contributed by atoms with Crippen molar-refractivity contribution in [2.24, 2.45) is 0 Å². The van der Waals surface area contributed by atoms with E-state index in [0.29, 0.717) is 5.56 Å². The molecule has 1 heterocycles. The Morgan fingerprint density at radius 2 is 2.14 bits per heavy atom. The fourth-order valence-electron chi connectivity index (χ4n) is 1.98. The second-order valence-corrected chi connectivity index (χ2v) is 3.58. The molecule has 1 aliphatic carbocycles. The Morgan fingerprint density at radius 1 is 1.43 bits per heavy atom. The van der Waals surface area contributed by atoms with Gasteiger partial charge in [-0.25, -0.2) is 0 Å². The molecule has 1 aromatic rings. The first kappa shape index (κ1) is 8.82. The number of aromatic nitrogens is 1. The second-order valence-electron chi connectivity index (χ2n) is 3.58. The monoisotopic (exact) mass is 188 g/mol. The highest BCUT2D eigenvalue weighted by Crippen LogP contribution is 2.21. The van der Waals surface area contributed by atoms with Gasteiger partial charge in [0.15, 0.2) is 5.49 Å². The highest BCUT2D eigenvalue weighted by molar-refractivity contribution is 5.41. The van der Waals surface area contributed by atoms with E-state index in [0.717, 1.165) is 36.8 Å². The number of nitrogens with one attached hydrogen (secondary N) is 1. The predicted octanol–water partition coefficient (Wildman–Crippen LogP) is 0.432. The number of nitriles is 1. The van der Waals surface area contributed by atoms with Gasteiger partial charge >= 0.3 is 0 Å². The lowest BCUT2D eigenvalue weighted by atomic mass is 9.90. The van der Waals surface area contributed by atoms with E-state index in [1.165, 1.54) is 4.68 Å². The molecule has 0 bridgehead atoms. The molecule has 0 radical (unpaired) electrons. The number of hydrogen-bond donors (Lipinski definition) is 2. The van der Waals surface area contributed by atoms with Gasteiger partial charge in [0.2, 0.25) is 0 Å². The van der Waals surface area contributed by atoms with Gasteiger partial charge in [-0.2, -0.15) is 5.26 Å². The van der Waals surface area contributed by atoms with Crippen molar-refractivity contribution >= 4 is 0 Å². The highest BCUT2D eigenvalue weighted by Gasteiger charge is 2.15. The first-order chi connectivity index (χ1) is 6.74. The summed E-state index contributed by atoms with van der Waals surface area (Å²) in [5, 5.41) is 16.6. The summed E-state index contributed by atoms with van der Waals surface area (Å²) in [4.78, 5) is 0. The van der Waals surface area contributed by atoms with Crippen molar-refractivity contribution in [3.8, 4) is 6.07 Å². The third-order valence-corrected chi connectivity index (χ3v) is 2.71. The molecule has 0 atom stereocenters. The van der Waals surface area contributed by atoms with Gasteiger partial charge in [0.05, 0.1) is 5.56 Å². The maximum absolute atomic E-state index is 8.96. The number of nitrogens with two attached hydrogens (primary N) is 1. The van der Waals surface area contributed by atoms with Crippen LogP contribution in [0, 0.1) is 16.7 Å². The lowest BCUT2D eigenvalue weighted by molar-refractivity contribution is 0.667. The number of aryl methyl sites for hydroxylation is 1. The van der Waals surface area contributed by atoms with Crippen LogP contribution < -0.4 is 11.3 Å². The largest absolute Gasteiger partial charge is 0.338 e. The number of nitrogens with zero attached hydrogens (tertiary/aromatic N) is 2. The Labute approximate surface area is 82.1 Å². The van der Waals surface area contributed by atoms with Crippen LogP contribution in [0.3, 0.4) is 0 Å². The molecule has 0 amide bonds. The van der Waals surface area contributed by atoms with Gasteiger partial charge in [-0.05, 0) is 36.8 Å². The van der Waals surface area contributed by atoms with Crippen LogP contribution in [0.5, 0.6) is 0 Å². The summed E-state index contributed by atoms with van der Waals surface area (Å²) in [6.45, 7) is 0. The Morgan fingerprint density at radius 3 is 2.86 bits per heavy atom. The standard InChI is InChI=1S/C10H12N4/c11-5-9-8-4-2-1-3-7(8)6-14(13)10(9)12/h6,12H,1-4,13H2. The minimum absolute atomic E-state index is 0.119. The highest BCUT2D eigenvalue weighted by atomic mass is 15.3. The summed E-state index contributed by atoms with van der Waals surface area (Å²) >= 11 is 0. The number of pyridine rings is 1. The quantitative estimate of drug-likeness (QED) is 0.579. The molecule has 0 spiro atoms. The van der Waals surface area contributed by atoms with Gasteiger partial charge in [0.1, 0.15) is 6.07 Å². The molecule has 1 aromatic heterocycles. The Kier molecular flexibility index (Phi) is 2.01. The number of nitrogen functional groups attached to an aromatic ring is 1. The summed E-state index contributed by atoms with van der Waals surface area (Å²) in [5.41, 5.74) is 2.73. The molecule has 4 heteroatoms. The fourth-order valence-corrected chi connectivity index (χ4v) is 1.98. The summed E-state index contributed by atoms with van der Waals surface area (Å²) < 4.78 is 1.24. The van der Waals surface area contributed by atoms with Gasteiger partial charge in [-0.3, -0.25) is 10.1 Å². The molecular weight excluding hydrogens is 176 g/mol. The van der Waals surface area contributed by atoms with E-state index in [1.54, 1.807) is 6.20 Å². The van der Waals surface area contributed by atoms with Crippen molar-refractivity contribution in [3.63, 3.8) is 0 Å². The molecule has 0 aromatic carbocycles. The van der Waals surface area contributed by atoms with Crippen LogP contribution >= 0.6 is 0 Å². The molecule has 72 valence electrons. The summed E-state index contributed by atoms with van der Waals surface area (Å²) in [6, 6.07) is 2.08. The van der Waals surface area contributed by atoms with Crippen molar-refractivity contribution in [2.75, 3.05) is 5.84 Å². The predicted molar refractivity (Wildman–Crippen MR) is 51.8 cm³/mol. The van der Waals surface area contributed by atoms with E-state index < -0.39 is 0 Å². The van der Waals surface area contributed by atoms with Crippen molar-refractivity contribution in [3.05, 3.63) is 28.4 Å². The molecule has 3 N–H and O–H groups in total. The zero-order chi connectivity index (χ0) is 10.1. The van der Waals surface area contributed by atoms with Gasteiger partial charge in [0, 0.05) is 6.20 Å². The third kappa shape index (κ3) is 1.18. The van der Waals surface area contributed by atoms with E-state index in [2.05, 4.69) is 6.07 Å². The van der Waals surface area contributed by atoms with Crippen molar-refractivity contribution in [1.29, 1.82) is 10.7 Å². The summed E-state index contributed by atoms with van der Waals surface area (Å²) in [6.07, 6.45) is 5.91. The minimum atomic E-state index is 0.119. The van der Waals surface area contributed by atoms with Gasteiger partial charge in [-0.15, -0.1) is 0 Å². The van der Waals surface area contributed by atoms with E-state index in [4.69, 9.17) is 16.5 Å². The van der Waals surface area contributed by atoms with Gasteiger partial charge in [0.25, 0.3) is 0 Å². The lowest BCUT2D eigenvalue weighted by Gasteiger charge is -2.17. The third-order valence-electron chi connectivity index (χ3n) is 2.71. The first-order valence-electron chi connectivity index (χ1n) is 4.71. The summed E-state index contributed by atoms with van der Waals surface area (Å²) in [7, 11) is 0. The molecule has 0 fully saturated rings. The van der Waals surface area contributed by atoms with E-state index in [-0.39, 0.29) is 5.49 Å². The van der Waals surface area contributed by atoms with Crippen LogP contribution in [0.2, 0.25) is 0 Å². The maximum atomic E-state index is 8.96. The number of fused-ring (bicyclic) bond motifs is 1. The van der Waals surface area contributed by atoms with Crippen LogP contribution in [-0.4, -0.2) is 4.68 Å². The second kappa shape index (κ2) is 3.18. The average Bonchev–Trinajstić information content (AvgIpc) is 2.20. The lowest BCUT2D eigenvalue weighted by Crippen LogP contribution is -2.31. The smallest absolute Gasteiger partial charge is 0.161 e. The van der Waals surface area contributed by atoms with Crippen molar-refractivity contribution in [2.45, 2.75) is 25.7 Å². The summed E-state index contributed by atoms with van der Waals surface area (Å²) in [5.74, 6) is 5.60. The average molecular weight is 188 g/mol. The van der Waals surface area contributed by atoms with Crippen molar-refractivity contribution in [1.82, 2.24) is 4.68 Å². The van der Waals surface area contributed by atoms with E-state index in [9.17, 15) is 0 Å². The Hall–Kier alpha value is -1.76. The maximum Gasteiger partial charge on any atom is 0.161 e. The Balaban J connectivity index is 2.74. The molecule has 0 unspecified atom stereocenters. The Bertz CT molecular complexity index is 464.